The van der Waals surface area contributed by atoms with Crippen LogP contribution in [0.5, 0.6) is 5.75 Å². The largest absolute Gasteiger partial charge is 0.496 e. The van der Waals surface area contributed by atoms with E-state index in [1.165, 1.54) is 0 Å². The van der Waals surface area contributed by atoms with Gasteiger partial charge in [0.25, 0.3) is 5.91 Å². The van der Waals surface area contributed by atoms with Crippen LogP contribution in [0.15, 0.2) is 60.8 Å². The monoisotopic (exact) mass is 432 g/mol. The van der Waals surface area contributed by atoms with Gasteiger partial charge in [-0.3, -0.25) is 14.7 Å². The molecule has 2 amide bonds. The Hall–Kier alpha value is -3.61. The van der Waals surface area contributed by atoms with Crippen molar-refractivity contribution in [1.82, 2.24) is 20.0 Å². The highest BCUT2D eigenvalue weighted by Gasteiger charge is 2.33. The molecule has 1 N–H and O–H groups in total. The number of rotatable bonds is 6. The van der Waals surface area contributed by atoms with Crippen LogP contribution in [0.1, 0.15) is 23.0 Å². The summed E-state index contributed by atoms with van der Waals surface area (Å²) in [5.41, 5.74) is 3.53. The normalized spacial score (nSPS) is 16.7. The molecule has 1 unspecified atom stereocenters. The first-order chi connectivity index (χ1) is 15.6. The second-order valence-corrected chi connectivity index (χ2v) is 7.90. The average molecular weight is 433 g/mol. The van der Waals surface area contributed by atoms with Crippen LogP contribution < -0.4 is 4.74 Å². The third kappa shape index (κ3) is 4.37. The lowest BCUT2D eigenvalue weighted by Gasteiger charge is -2.24. The minimum atomic E-state index is -0.333. The molecule has 7 heteroatoms. The number of ether oxygens (including phenoxy) is 1. The summed E-state index contributed by atoms with van der Waals surface area (Å²) >= 11 is 0. The lowest BCUT2D eigenvalue weighted by Crippen LogP contribution is -2.38. The molecule has 3 aromatic rings. The highest BCUT2D eigenvalue weighted by atomic mass is 16.5. The zero-order chi connectivity index (χ0) is 22.5. The van der Waals surface area contributed by atoms with E-state index in [2.05, 4.69) is 22.3 Å². The lowest BCUT2D eigenvalue weighted by molar-refractivity contribution is -0.134. The number of H-pyrrole nitrogens is 1. The first-order valence-electron chi connectivity index (χ1n) is 10.9. The van der Waals surface area contributed by atoms with Crippen LogP contribution in [0.4, 0.5) is 0 Å². The van der Waals surface area contributed by atoms with Crippen LogP contribution in [0.25, 0.3) is 11.1 Å². The van der Waals surface area contributed by atoms with Gasteiger partial charge in [-0.1, -0.05) is 42.5 Å². The van der Waals surface area contributed by atoms with Crippen molar-refractivity contribution in [3.63, 3.8) is 0 Å². The van der Waals surface area contributed by atoms with E-state index < -0.39 is 0 Å². The van der Waals surface area contributed by atoms with Gasteiger partial charge < -0.3 is 14.5 Å². The summed E-state index contributed by atoms with van der Waals surface area (Å²) in [5, 5.41) is 6.64. The van der Waals surface area contributed by atoms with Crippen LogP contribution in [0.3, 0.4) is 0 Å². The molecule has 0 aliphatic carbocycles. The summed E-state index contributed by atoms with van der Waals surface area (Å²) in [6, 6.07) is 17.6. The van der Waals surface area contributed by atoms with Crippen LogP contribution in [0, 0.1) is 5.92 Å². The molecule has 1 saturated heterocycles. The number of nitrogens with one attached hydrogen (secondary N) is 1. The van der Waals surface area contributed by atoms with Crippen LogP contribution in [0.2, 0.25) is 0 Å². The van der Waals surface area contributed by atoms with E-state index in [1.807, 2.05) is 48.2 Å². The predicted octanol–water partition coefficient (Wildman–Crippen LogP) is 3.25. The molecule has 0 spiro atoms. The number of amides is 2. The van der Waals surface area contributed by atoms with Gasteiger partial charge in [-0.25, -0.2) is 0 Å². The van der Waals surface area contributed by atoms with Crippen molar-refractivity contribution in [1.29, 1.82) is 0 Å². The van der Waals surface area contributed by atoms with Crippen LogP contribution >= 0.6 is 0 Å². The van der Waals surface area contributed by atoms with E-state index in [1.54, 1.807) is 24.3 Å². The van der Waals surface area contributed by atoms with E-state index in [0.717, 1.165) is 22.4 Å². The summed E-state index contributed by atoms with van der Waals surface area (Å²) in [7, 11) is 1.66. The Morgan fingerprint density at radius 3 is 2.56 bits per heavy atom. The highest BCUT2D eigenvalue weighted by Crippen LogP contribution is 2.33. The van der Waals surface area contributed by atoms with E-state index in [-0.39, 0.29) is 17.7 Å². The number of methoxy groups -OCH3 is 1. The lowest BCUT2D eigenvalue weighted by atomic mass is 9.91. The number of carbonyl (C=O) groups is 2. The number of likely N-dealkylation sites (N-methyl/N-ethyl adjacent to an activating group) is 1. The maximum absolute atomic E-state index is 13.3. The quantitative estimate of drug-likeness (QED) is 0.649. The van der Waals surface area contributed by atoms with Gasteiger partial charge in [-0.05, 0) is 36.6 Å². The first-order valence-corrected chi connectivity index (χ1v) is 10.9. The van der Waals surface area contributed by atoms with Crippen LogP contribution in [-0.4, -0.2) is 65.1 Å². The van der Waals surface area contributed by atoms with Crippen molar-refractivity contribution in [2.45, 2.75) is 13.3 Å². The topological polar surface area (TPSA) is 78.5 Å². The highest BCUT2D eigenvalue weighted by molar-refractivity contribution is 5.93. The second-order valence-electron chi connectivity index (χ2n) is 7.90. The molecule has 1 aliphatic heterocycles. The Morgan fingerprint density at radius 1 is 1.09 bits per heavy atom. The molecular formula is C25H28N4O3. The van der Waals surface area contributed by atoms with Gasteiger partial charge in [0, 0.05) is 37.9 Å². The van der Waals surface area contributed by atoms with Gasteiger partial charge in [-0.15, -0.1) is 0 Å². The molecule has 32 heavy (non-hydrogen) atoms. The minimum Gasteiger partial charge on any atom is -0.496 e. The SMILES string of the molecule is CCN1CCN(C(=O)c2ccn[nH]2)CC(Cc2ccccc2-c2ccccc2OC)C1=O. The van der Waals surface area contributed by atoms with Crippen molar-refractivity contribution in [3.8, 4) is 16.9 Å². The molecule has 2 heterocycles. The molecule has 166 valence electrons. The maximum Gasteiger partial charge on any atom is 0.271 e. The Labute approximate surface area is 188 Å². The average Bonchev–Trinajstić information content (AvgIpc) is 3.32. The van der Waals surface area contributed by atoms with Crippen molar-refractivity contribution in [3.05, 3.63) is 72.1 Å². The third-order valence-corrected chi connectivity index (χ3v) is 6.02. The number of nitrogens with zero attached hydrogens (tertiary/aromatic N) is 3. The van der Waals surface area contributed by atoms with Gasteiger partial charge in [0.05, 0.1) is 13.0 Å². The summed E-state index contributed by atoms with van der Waals surface area (Å²) in [5.74, 6) is 0.414. The Morgan fingerprint density at radius 2 is 1.84 bits per heavy atom. The minimum absolute atomic E-state index is 0.0854. The Balaban J connectivity index is 1.66. The zero-order valence-corrected chi connectivity index (χ0v) is 18.5. The van der Waals surface area contributed by atoms with Crippen molar-refractivity contribution < 1.29 is 14.3 Å². The molecule has 0 bridgehead atoms. The smallest absolute Gasteiger partial charge is 0.271 e. The Bertz CT molecular complexity index is 1080. The number of aromatic amines is 1. The number of carbonyl (C=O) groups excluding carboxylic acids is 2. The number of benzene rings is 2. The van der Waals surface area contributed by atoms with E-state index in [4.69, 9.17) is 4.74 Å². The van der Waals surface area contributed by atoms with E-state index in [0.29, 0.717) is 38.3 Å². The summed E-state index contributed by atoms with van der Waals surface area (Å²) in [6.45, 7) is 4.00. The first kappa shape index (κ1) is 21.6. The zero-order valence-electron chi connectivity index (χ0n) is 18.5. The number of aromatic nitrogens is 2. The predicted molar refractivity (Wildman–Crippen MR) is 122 cm³/mol. The summed E-state index contributed by atoms with van der Waals surface area (Å²) < 4.78 is 5.57. The summed E-state index contributed by atoms with van der Waals surface area (Å²) in [4.78, 5) is 29.9. The molecule has 2 aromatic carbocycles. The molecule has 1 atom stereocenters. The Kier molecular flexibility index (Phi) is 6.54. The molecule has 7 nitrogen and oxygen atoms in total. The molecule has 1 aliphatic rings. The fraction of sp³-hybridized carbons (Fsp3) is 0.320. The number of hydrogen-bond donors (Lipinski definition) is 1. The van der Waals surface area contributed by atoms with Gasteiger partial charge >= 0.3 is 0 Å². The number of para-hydroxylation sites is 1. The summed E-state index contributed by atoms with van der Waals surface area (Å²) in [6.07, 6.45) is 2.10. The molecular weight excluding hydrogens is 404 g/mol. The molecule has 0 saturated carbocycles. The fourth-order valence-corrected chi connectivity index (χ4v) is 4.33. The third-order valence-electron chi connectivity index (χ3n) is 6.02. The van der Waals surface area contributed by atoms with Gasteiger partial charge in [0.2, 0.25) is 5.91 Å². The molecule has 1 fully saturated rings. The molecule has 4 rings (SSSR count). The number of hydrogen-bond acceptors (Lipinski definition) is 4. The standard InChI is InChI=1S/C25H28N4O3/c1-3-28-14-15-29(25(31)22-12-13-26-27-22)17-19(24(28)30)16-18-8-4-5-9-20(18)21-10-6-7-11-23(21)32-2/h4-13,19H,3,14-17H2,1-2H3,(H,26,27). The maximum atomic E-state index is 13.3. The van der Waals surface area contributed by atoms with Gasteiger partial charge in [0.15, 0.2) is 0 Å². The fourth-order valence-electron chi connectivity index (χ4n) is 4.33. The molecule has 1 aromatic heterocycles. The van der Waals surface area contributed by atoms with Crippen molar-refractivity contribution in [2.24, 2.45) is 5.92 Å². The van der Waals surface area contributed by atoms with Crippen LogP contribution in [-0.2, 0) is 11.2 Å². The van der Waals surface area contributed by atoms with Gasteiger partial charge in [-0.2, -0.15) is 5.10 Å². The van der Waals surface area contributed by atoms with Crippen molar-refractivity contribution in [2.75, 3.05) is 33.3 Å². The van der Waals surface area contributed by atoms with E-state index >= 15 is 0 Å². The van der Waals surface area contributed by atoms with E-state index in [9.17, 15) is 9.59 Å². The van der Waals surface area contributed by atoms with Gasteiger partial charge in [0.1, 0.15) is 11.4 Å². The second kappa shape index (κ2) is 9.68. The molecule has 0 radical (unpaired) electrons. The van der Waals surface area contributed by atoms with Crippen molar-refractivity contribution >= 4 is 11.8 Å².